The summed E-state index contributed by atoms with van der Waals surface area (Å²) in [4.78, 5) is 14.5. The number of carbonyl (C=O) groups is 1. The molecule has 1 unspecified atom stereocenters. The van der Waals surface area contributed by atoms with Crippen LogP contribution in [-0.4, -0.2) is 42.4 Å². The van der Waals surface area contributed by atoms with Gasteiger partial charge in [-0.1, -0.05) is 31.5 Å². The molecule has 5 nitrogen and oxygen atoms in total. The highest BCUT2D eigenvalue weighted by Gasteiger charge is 2.26. The molecule has 128 valence electrons. The molecule has 0 aromatic heterocycles. The van der Waals surface area contributed by atoms with E-state index in [1.165, 1.54) is 5.69 Å². The molecule has 1 aromatic carbocycles. The zero-order valence-corrected chi connectivity index (χ0v) is 14.2. The minimum atomic E-state index is -0.538. The summed E-state index contributed by atoms with van der Waals surface area (Å²) in [5.41, 5.74) is 0.704. The Kier molecular flexibility index (Phi) is 6.28. The van der Waals surface area contributed by atoms with Crippen LogP contribution >= 0.6 is 0 Å². The molecule has 1 atom stereocenters. The van der Waals surface area contributed by atoms with Gasteiger partial charge in [-0.05, 0) is 38.3 Å². The minimum absolute atomic E-state index is 0.0410. The van der Waals surface area contributed by atoms with Crippen LogP contribution in [0.4, 0.5) is 10.5 Å². The molecule has 0 aliphatic carbocycles. The van der Waals surface area contributed by atoms with E-state index in [0.29, 0.717) is 0 Å². The molecule has 0 radical (unpaired) electrons. The van der Waals surface area contributed by atoms with E-state index in [-0.39, 0.29) is 18.7 Å². The maximum Gasteiger partial charge on any atom is 0.315 e. The van der Waals surface area contributed by atoms with Gasteiger partial charge >= 0.3 is 6.03 Å². The van der Waals surface area contributed by atoms with Crippen molar-refractivity contribution in [1.82, 2.24) is 10.6 Å². The third-order valence-corrected chi connectivity index (χ3v) is 4.52. The number of anilines is 1. The number of para-hydroxylation sites is 1. The van der Waals surface area contributed by atoms with E-state index in [2.05, 4.69) is 39.8 Å². The van der Waals surface area contributed by atoms with Gasteiger partial charge in [-0.25, -0.2) is 4.79 Å². The Labute approximate surface area is 139 Å². The standard InChI is InChI=1S/C18H29N3O2/c1-3-11-18(2,14-22)20-17(23)19-15-9-12-21(13-10-15)16-7-5-4-6-8-16/h4-8,15,22H,3,9-14H2,1-2H3,(H2,19,20,23). The average molecular weight is 319 g/mol. The molecule has 3 N–H and O–H groups in total. The maximum absolute atomic E-state index is 12.2. The molecule has 2 amide bonds. The second-order valence-corrected chi connectivity index (χ2v) is 6.66. The molecule has 0 spiro atoms. The zero-order chi connectivity index (χ0) is 16.7. The number of hydrogen-bond donors (Lipinski definition) is 3. The molecular weight excluding hydrogens is 290 g/mol. The second-order valence-electron chi connectivity index (χ2n) is 6.66. The fourth-order valence-corrected chi connectivity index (χ4v) is 3.15. The zero-order valence-electron chi connectivity index (χ0n) is 14.2. The Morgan fingerprint density at radius 1 is 1.30 bits per heavy atom. The summed E-state index contributed by atoms with van der Waals surface area (Å²) < 4.78 is 0. The molecule has 1 aliphatic rings. The molecule has 1 aromatic rings. The number of benzene rings is 1. The fourth-order valence-electron chi connectivity index (χ4n) is 3.15. The van der Waals surface area contributed by atoms with Gasteiger partial charge in [0.15, 0.2) is 0 Å². The quantitative estimate of drug-likeness (QED) is 0.755. The van der Waals surface area contributed by atoms with Crippen LogP contribution < -0.4 is 15.5 Å². The minimum Gasteiger partial charge on any atom is -0.394 e. The van der Waals surface area contributed by atoms with E-state index in [4.69, 9.17) is 0 Å². The molecule has 1 saturated heterocycles. The second kappa shape index (κ2) is 8.20. The van der Waals surface area contributed by atoms with Crippen LogP contribution in [0.15, 0.2) is 30.3 Å². The predicted molar refractivity (Wildman–Crippen MR) is 93.7 cm³/mol. The lowest BCUT2D eigenvalue weighted by atomic mass is 9.97. The third kappa shape index (κ3) is 5.13. The summed E-state index contributed by atoms with van der Waals surface area (Å²) in [6, 6.07) is 10.4. The number of amides is 2. The van der Waals surface area contributed by atoms with Gasteiger partial charge in [0.05, 0.1) is 12.1 Å². The first kappa shape index (κ1) is 17.6. The van der Waals surface area contributed by atoms with Crippen LogP contribution in [0, 0.1) is 0 Å². The highest BCUT2D eigenvalue weighted by molar-refractivity contribution is 5.75. The number of rotatable bonds is 6. The average Bonchev–Trinajstić information content (AvgIpc) is 2.56. The highest BCUT2D eigenvalue weighted by Crippen LogP contribution is 2.19. The summed E-state index contributed by atoms with van der Waals surface area (Å²) in [6.07, 6.45) is 3.56. The first-order valence-corrected chi connectivity index (χ1v) is 8.56. The summed E-state index contributed by atoms with van der Waals surface area (Å²) in [7, 11) is 0. The normalized spacial score (nSPS) is 18.3. The first-order chi connectivity index (χ1) is 11.1. The number of nitrogens with one attached hydrogen (secondary N) is 2. The lowest BCUT2D eigenvalue weighted by Crippen LogP contribution is -2.55. The van der Waals surface area contributed by atoms with Crippen molar-refractivity contribution in [1.29, 1.82) is 0 Å². The number of carbonyl (C=O) groups excluding carboxylic acids is 1. The van der Waals surface area contributed by atoms with E-state index in [1.807, 2.05) is 19.9 Å². The van der Waals surface area contributed by atoms with Crippen LogP contribution in [0.5, 0.6) is 0 Å². The Balaban J connectivity index is 1.79. The number of urea groups is 1. The van der Waals surface area contributed by atoms with E-state index in [0.717, 1.165) is 38.8 Å². The van der Waals surface area contributed by atoms with E-state index in [1.54, 1.807) is 0 Å². The lowest BCUT2D eigenvalue weighted by Gasteiger charge is -2.35. The van der Waals surface area contributed by atoms with Gasteiger partial charge in [0.1, 0.15) is 0 Å². The van der Waals surface area contributed by atoms with Crippen molar-refractivity contribution in [3.8, 4) is 0 Å². The highest BCUT2D eigenvalue weighted by atomic mass is 16.3. The Bertz CT molecular complexity index is 486. The molecular formula is C18H29N3O2. The van der Waals surface area contributed by atoms with Crippen molar-refractivity contribution in [2.45, 2.75) is 51.1 Å². The number of hydrogen-bond acceptors (Lipinski definition) is 3. The molecule has 2 rings (SSSR count). The van der Waals surface area contributed by atoms with E-state index >= 15 is 0 Å². The van der Waals surface area contributed by atoms with E-state index in [9.17, 15) is 9.90 Å². The number of aliphatic hydroxyl groups excluding tert-OH is 1. The van der Waals surface area contributed by atoms with Gasteiger partial charge in [-0.2, -0.15) is 0 Å². The van der Waals surface area contributed by atoms with Crippen molar-refractivity contribution >= 4 is 11.7 Å². The summed E-state index contributed by atoms with van der Waals surface area (Å²) in [5.74, 6) is 0. The van der Waals surface area contributed by atoms with Gasteiger partial charge in [0, 0.05) is 24.8 Å². The van der Waals surface area contributed by atoms with Crippen LogP contribution in [0.3, 0.4) is 0 Å². The largest absolute Gasteiger partial charge is 0.394 e. The first-order valence-electron chi connectivity index (χ1n) is 8.56. The van der Waals surface area contributed by atoms with Crippen molar-refractivity contribution < 1.29 is 9.90 Å². The van der Waals surface area contributed by atoms with Crippen molar-refractivity contribution in [2.75, 3.05) is 24.6 Å². The molecule has 0 bridgehead atoms. The molecule has 5 heteroatoms. The Morgan fingerprint density at radius 3 is 2.52 bits per heavy atom. The number of nitrogens with zero attached hydrogens (tertiary/aromatic N) is 1. The lowest BCUT2D eigenvalue weighted by molar-refractivity contribution is 0.161. The monoisotopic (exact) mass is 319 g/mol. The van der Waals surface area contributed by atoms with Crippen molar-refractivity contribution in [3.63, 3.8) is 0 Å². The van der Waals surface area contributed by atoms with Gasteiger partial charge in [0.25, 0.3) is 0 Å². The van der Waals surface area contributed by atoms with E-state index < -0.39 is 5.54 Å². The van der Waals surface area contributed by atoms with Crippen LogP contribution in [0.25, 0.3) is 0 Å². The van der Waals surface area contributed by atoms with Gasteiger partial charge in [-0.15, -0.1) is 0 Å². The SMILES string of the molecule is CCCC(C)(CO)NC(=O)NC1CCN(c2ccccc2)CC1. The van der Waals surface area contributed by atoms with Crippen molar-refractivity contribution in [3.05, 3.63) is 30.3 Å². The van der Waals surface area contributed by atoms with Gasteiger partial charge in [0.2, 0.25) is 0 Å². The Hall–Kier alpha value is -1.75. The topological polar surface area (TPSA) is 64.6 Å². The summed E-state index contributed by atoms with van der Waals surface area (Å²) >= 11 is 0. The maximum atomic E-state index is 12.2. The molecule has 1 fully saturated rings. The van der Waals surface area contributed by atoms with Crippen LogP contribution in [0.2, 0.25) is 0 Å². The third-order valence-electron chi connectivity index (χ3n) is 4.52. The fraction of sp³-hybridized carbons (Fsp3) is 0.611. The number of piperidine rings is 1. The predicted octanol–water partition coefficient (Wildman–Crippen LogP) is 2.51. The molecule has 23 heavy (non-hydrogen) atoms. The molecule has 1 heterocycles. The van der Waals surface area contributed by atoms with Gasteiger partial charge < -0.3 is 20.6 Å². The molecule has 1 aliphatic heterocycles. The molecule has 0 saturated carbocycles. The van der Waals surface area contributed by atoms with Crippen LogP contribution in [-0.2, 0) is 0 Å². The Morgan fingerprint density at radius 2 is 1.96 bits per heavy atom. The summed E-state index contributed by atoms with van der Waals surface area (Å²) in [5, 5.41) is 15.5. The van der Waals surface area contributed by atoms with Crippen LogP contribution in [0.1, 0.15) is 39.5 Å². The van der Waals surface area contributed by atoms with Gasteiger partial charge in [-0.3, -0.25) is 0 Å². The smallest absolute Gasteiger partial charge is 0.315 e. The van der Waals surface area contributed by atoms with Crippen molar-refractivity contribution in [2.24, 2.45) is 0 Å². The number of aliphatic hydroxyl groups is 1. The summed E-state index contributed by atoms with van der Waals surface area (Å²) in [6.45, 7) is 5.78.